The van der Waals surface area contributed by atoms with Gasteiger partial charge in [-0.25, -0.2) is 4.79 Å². The van der Waals surface area contributed by atoms with Crippen LogP contribution in [-0.2, 0) is 4.79 Å². The molecule has 1 heterocycles. The fourth-order valence-electron chi connectivity index (χ4n) is 2.39. The Morgan fingerprint density at radius 2 is 2.07 bits per heavy atom. The molecule has 78 valence electrons. The van der Waals surface area contributed by atoms with Gasteiger partial charge in [-0.1, -0.05) is 12.5 Å². The Balaban J connectivity index is 1.92. The van der Waals surface area contributed by atoms with Crippen molar-refractivity contribution in [1.29, 1.82) is 0 Å². The van der Waals surface area contributed by atoms with Crippen molar-refractivity contribution >= 4 is 5.97 Å². The zero-order valence-corrected chi connectivity index (χ0v) is 8.35. The summed E-state index contributed by atoms with van der Waals surface area (Å²) in [7, 11) is 0. The minimum atomic E-state index is -0.828. The number of carboxylic acid groups (broad SMARTS) is 1. The zero-order valence-electron chi connectivity index (χ0n) is 8.35. The van der Waals surface area contributed by atoms with E-state index in [9.17, 15) is 4.79 Å². The highest BCUT2D eigenvalue weighted by molar-refractivity contribution is 5.79. The minimum Gasteiger partial charge on any atom is -0.478 e. The van der Waals surface area contributed by atoms with Crippen molar-refractivity contribution in [3.63, 3.8) is 0 Å². The van der Waals surface area contributed by atoms with E-state index >= 15 is 0 Å². The molecule has 1 aliphatic heterocycles. The summed E-state index contributed by atoms with van der Waals surface area (Å²) in [6.07, 6.45) is 9.44. The summed E-state index contributed by atoms with van der Waals surface area (Å²) in [5.74, 6) is -0.828. The summed E-state index contributed by atoms with van der Waals surface area (Å²) in [5, 5.41) is 8.56. The Morgan fingerprint density at radius 1 is 1.29 bits per heavy atom. The number of hydrogen-bond acceptors (Lipinski definition) is 2. The highest BCUT2D eigenvalue weighted by atomic mass is 16.4. The van der Waals surface area contributed by atoms with Crippen molar-refractivity contribution in [2.24, 2.45) is 0 Å². The Morgan fingerprint density at radius 3 is 2.64 bits per heavy atom. The Hall–Kier alpha value is -0.830. The molecule has 1 aliphatic carbocycles. The zero-order chi connectivity index (χ0) is 9.97. The Labute approximate surface area is 84.4 Å². The van der Waals surface area contributed by atoms with Gasteiger partial charge in [0.25, 0.3) is 0 Å². The van der Waals surface area contributed by atoms with E-state index in [0.717, 1.165) is 19.0 Å². The van der Waals surface area contributed by atoms with Crippen LogP contribution in [0.3, 0.4) is 0 Å². The standard InChI is InChI=1S/C11H17NO2/c13-11(14)7-6-10-5-2-8-12(10)9-3-1-4-9/h6-7,9-10H,1-5,8H2,(H,13,14). The van der Waals surface area contributed by atoms with Gasteiger partial charge in [0.1, 0.15) is 0 Å². The molecule has 2 fully saturated rings. The molecule has 0 bridgehead atoms. The molecule has 1 unspecified atom stereocenters. The van der Waals surface area contributed by atoms with Gasteiger partial charge in [0.15, 0.2) is 0 Å². The molecule has 0 spiro atoms. The number of hydrogen-bond donors (Lipinski definition) is 1. The number of aliphatic carboxylic acids is 1. The number of carbonyl (C=O) groups is 1. The van der Waals surface area contributed by atoms with Crippen molar-refractivity contribution in [1.82, 2.24) is 4.90 Å². The monoisotopic (exact) mass is 195 g/mol. The molecule has 0 aromatic heterocycles. The first-order valence-electron chi connectivity index (χ1n) is 5.44. The highest BCUT2D eigenvalue weighted by Crippen LogP contribution is 2.31. The lowest BCUT2D eigenvalue weighted by atomic mass is 9.91. The molecule has 0 amide bonds. The molecule has 0 aromatic rings. The summed E-state index contributed by atoms with van der Waals surface area (Å²) in [6, 6.07) is 1.12. The van der Waals surface area contributed by atoms with Crippen LogP contribution in [0.5, 0.6) is 0 Å². The smallest absolute Gasteiger partial charge is 0.328 e. The van der Waals surface area contributed by atoms with Crippen LogP contribution in [0, 0.1) is 0 Å². The lowest BCUT2D eigenvalue weighted by Gasteiger charge is -2.37. The average molecular weight is 195 g/mol. The lowest BCUT2D eigenvalue weighted by molar-refractivity contribution is -0.131. The van der Waals surface area contributed by atoms with Crippen LogP contribution in [0.15, 0.2) is 12.2 Å². The SMILES string of the molecule is O=C(O)C=CC1CCCN1C1CCC1. The molecule has 3 heteroatoms. The molecule has 1 atom stereocenters. The van der Waals surface area contributed by atoms with E-state index in [1.807, 2.05) is 6.08 Å². The summed E-state index contributed by atoms with van der Waals surface area (Å²) >= 11 is 0. The minimum absolute atomic E-state index is 0.386. The van der Waals surface area contributed by atoms with Crippen LogP contribution in [0.4, 0.5) is 0 Å². The fraction of sp³-hybridized carbons (Fsp3) is 0.727. The van der Waals surface area contributed by atoms with E-state index < -0.39 is 5.97 Å². The van der Waals surface area contributed by atoms with Gasteiger partial charge >= 0.3 is 5.97 Å². The second kappa shape index (κ2) is 4.13. The van der Waals surface area contributed by atoms with Gasteiger partial charge in [0.2, 0.25) is 0 Å². The van der Waals surface area contributed by atoms with Gasteiger partial charge < -0.3 is 5.11 Å². The lowest BCUT2D eigenvalue weighted by Crippen LogP contribution is -2.42. The first-order chi connectivity index (χ1) is 6.77. The quantitative estimate of drug-likeness (QED) is 0.696. The van der Waals surface area contributed by atoms with Crippen LogP contribution in [-0.4, -0.2) is 34.6 Å². The molecule has 1 saturated heterocycles. The Bertz CT molecular complexity index is 246. The summed E-state index contributed by atoms with van der Waals surface area (Å²) in [6.45, 7) is 1.15. The molecule has 1 saturated carbocycles. The normalized spacial score (nSPS) is 29.6. The second-order valence-corrected chi connectivity index (χ2v) is 4.23. The van der Waals surface area contributed by atoms with Crippen LogP contribution in [0.1, 0.15) is 32.1 Å². The van der Waals surface area contributed by atoms with Gasteiger partial charge in [0.05, 0.1) is 0 Å². The number of nitrogens with zero attached hydrogens (tertiary/aromatic N) is 1. The van der Waals surface area contributed by atoms with Gasteiger partial charge in [-0.05, 0) is 32.2 Å². The van der Waals surface area contributed by atoms with E-state index in [-0.39, 0.29) is 0 Å². The fourth-order valence-corrected chi connectivity index (χ4v) is 2.39. The van der Waals surface area contributed by atoms with Gasteiger partial charge in [-0.15, -0.1) is 0 Å². The van der Waals surface area contributed by atoms with Gasteiger partial charge in [-0.2, -0.15) is 0 Å². The maximum Gasteiger partial charge on any atom is 0.328 e. The molecule has 2 aliphatic rings. The third kappa shape index (κ3) is 1.98. The predicted octanol–water partition coefficient (Wildman–Crippen LogP) is 1.64. The maximum absolute atomic E-state index is 10.4. The largest absolute Gasteiger partial charge is 0.478 e. The van der Waals surface area contributed by atoms with Gasteiger partial charge in [0, 0.05) is 18.2 Å². The predicted molar refractivity (Wildman–Crippen MR) is 54.1 cm³/mol. The average Bonchev–Trinajstić information content (AvgIpc) is 2.46. The Kier molecular flexibility index (Phi) is 2.87. The molecule has 2 rings (SSSR count). The van der Waals surface area contributed by atoms with Crippen LogP contribution in [0.25, 0.3) is 0 Å². The molecule has 0 aromatic carbocycles. The van der Waals surface area contributed by atoms with Crippen LogP contribution in [0.2, 0.25) is 0 Å². The summed E-state index contributed by atoms with van der Waals surface area (Å²) in [4.78, 5) is 12.9. The third-order valence-electron chi connectivity index (χ3n) is 3.35. The van der Waals surface area contributed by atoms with E-state index in [1.165, 1.54) is 31.8 Å². The van der Waals surface area contributed by atoms with Crippen molar-refractivity contribution < 1.29 is 9.90 Å². The third-order valence-corrected chi connectivity index (χ3v) is 3.35. The topological polar surface area (TPSA) is 40.5 Å². The van der Waals surface area contributed by atoms with Crippen molar-refractivity contribution in [3.8, 4) is 0 Å². The first kappa shape index (κ1) is 9.71. The van der Waals surface area contributed by atoms with Gasteiger partial charge in [-0.3, -0.25) is 4.90 Å². The van der Waals surface area contributed by atoms with Crippen molar-refractivity contribution in [3.05, 3.63) is 12.2 Å². The molecule has 3 nitrogen and oxygen atoms in total. The molecule has 1 N–H and O–H groups in total. The molecular weight excluding hydrogens is 178 g/mol. The molecule has 0 radical (unpaired) electrons. The second-order valence-electron chi connectivity index (χ2n) is 4.23. The summed E-state index contributed by atoms with van der Waals surface area (Å²) in [5.41, 5.74) is 0. The number of rotatable bonds is 3. The molecular formula is C11H17NO2. The first-order valence-corrected chi connectivity index (χ1v) is 5.44. The van der Waals surface area contributed by atoms with E-state index in [2.05, 4.69) is 4.90 Å². The summed E-state index contributed by atoms with van der Waals surface area (Å²) < 4.78 is 0. The van der Waals surface area contributed by atoms with E-state index in [0.29, 0.717) is 6.04 Å². The number of carboxylic acids is 1. The van der Waals surface area contributed by atoms with Crippen LogP contribution < -0.4 is 0 Å². The number of likely N-dealkylation sites (tertiary alicyclic amines) is 1. The van der Waals surface area contributed by atoms with E-state index in [1.54, 1.807) is 0 Å². The maximum atomic E-state index is 10.4. The molecule has 14 heavy (non-hydrogen) atoms. The van der Waals surface area contributed by atoms with Crippen molar-refractivity contribution in [2.45, 2.75) is 44.2 Å². The van der Waals surface area contributed by atoms with Crippen LogP contribution >= 0.6 is 0 Å². The highest BCUT2D eigenvalue weighted by Gasteiger charge is 2.32. The van der Waals surface area contributed by atoms with Crippen molar-refractivity contribution in [2.75, 3.05) is 6.54 Å². The van der Waals surface area contributed by atoms with E-state index in [4.69, 9.17) is 5.11 Å².